The molecule has 0 radical (unpaired) electrons. The lowest BCUT2D eigenvalue weighted by molar-refractivity contribution is 0.495. The lowest BCUT2D eigenvalue weighted by Crippen LogP contribution is -2.23. The van der Waals surface area contributed by atoms with Gasteiger partial charge in [0, 0.05) is 24.3 Å². The van der Waals surface area contributed by atoms with Gasteiger partial charge < -0.3 is 10.3 Å². The van der Waals surface area contributed by atoms with Gasteiger partial charge in [-0.25, -0.2) is 0 Å². The van der Waals surface area contributed by atoms with Crippen molar-refractivity contribution in [2.24, 2.45) is 0 Å². The van der Waals surface area contributed by atoms with Crippen molar-refractivity contribution in [3.63, 3.8) is 0 Å². The Morgan fingerprint density at radius 3 is 2.65 bits per heavy atom. The molecular weight excluding hydrogens is 232 g/mol. The first-order valence-corrected chi connectivity index (χ1v) is 6.58. The molecule has 0 bridgehead atoms. The summed E-state index contributed by atoms with van der Waals surface area (Å²) in [7, 11) is 0. The van der Waals surface area contributed by atoms with Gasteiger partial charge in [0.1, 0.15) is 0 Å². The van der Waals surface area contributed by atoms with Crippen molar-refractivity contribution < 1.29 is 0 Å². The van der Waals surface area contributed by atoms with E-state index in [1.807, 2.05) is 6.07 Å². The van der Waals surface area contributed by atoms with Gasteiger partial charge in [-0.1, -0.05) is 0 Å². The van der Waals surface area contributed by atoms with E-state index in [1.54, 1.807) is 23.6 Å². The minimum Gasteiger partial charge on any atom is -0.329 e. The molecule has 0 aliphatic carbocycles. The molecule has 2 unspecified atom stereocenters. The maximum Gasteiger partial charge on any atom is 0.248 e. The fourth-order valence-corrected chi connectivity index (χ4v) is 2.57. The third-order valence-electron chi connectivity index (χ3n) is 2.84. The summed E-state index contributed by atoms with van der Waals surface area (Å²) in [6, 6.07) is 6.13. The zero-order chi connectivity index (χ0) is 12.3. The van der Waals surface area contributed by atoms with Gasteiger partial charge in [-0.15, -0.1) is 0 Å². The van der Waals surface area contributed by atoms with Gasteiger partial charge in [-0.05, 0) is 47.9 Å². The Bertz CT molecular complexity index is 518. The van der Waals surface area contributed by atoms with Crippen LogP contribution in [-0.2, 0) is 0 Å². The molecule has 0 aliphatic rings. The van der Waals surface area contributed by atoms with Crippen molar-refractivity contribution in [2.45, 2.75) is 25.9 Å². The van der Waals surface area contributed by atoms with Crippen LogP contribution in [0.1, 0.15) is 37.1 Å². The third kappa shape index (κ3) is 3.05. The molecule has 90 valence electrons. The summed E-state index contributed by atoms with van der Waals surface area (Å²) in [5.41, 5.74) is 2.24. The number of nitrogens with one attached hydrogen (secondary N) is 2. The Morgan fingerprint density at radius 2 is 2.00 bits per heavy atom. The SMILES string of the molecule is CC(NC(C)c1cc[nH]c(=O)c1)c1ccsc1. The second-order valence-electron chi connectivity index (χ2n) is 4.15. The summed E-state index contributed by atoms with van der Waals surface area (Å²) in [5.74, 6) is 0. The standard InChI is InChI=1S/C13H16N2OS/c1-9(11-3-5-14-13(16)7-11)15-10(2)12-4-6-17-8-12/h3-10,15H,1-2H3,(H,14,16). The molecule has 3 nitrogen and oxygen atoms in total. The fraction of sp³-hybridized carbons (Fsp3) is 0.308. The maximum atomic E-state index is 11.2. The summed E-state index contributed by atoms with van der Waals surface area (Å²) < 4.78 is 0. The van der Waals surface area contributed by atoms with Crippen molar-refractivity contribution in [2.75, 3.05) is 0 Å². The first-order valence-electron chi connectivity index (χ1n) is 5.63. The Balaban J connectivity index is 2.07. The summed E-state index contributed by atoms with van der Waals surface area (Å²) >= 11 is 1.70. The Kier molecular flexibility index (Phi) is 3.76. The highest BCUT2D eigenvalue weighted by molar-refractivity contribution is 7.07. The number of thiophene rings is 1. The molecular formula is C13H16N2OS. The molecule has 2 atom stereocenters. The molecule has 0 aliphatic heterocycles. The van der Waals surface area contributed by atoms with Crippen molar-refractivity contribution in [3.8, 4) is 0 Å². The molecule has 0 amide bonds. The lowest BCUT2D eigenvalue weighted by atomic mass is 10.1. The van der Waals surface area contributed by atoms with E-state index in [-0.39, 0.29) is 17.6 Å². The smallest absolute Gasteiger partial charge is 0.248 e. The molecule has 0 fully saturated rings. The zero-order valence-electron chi connectivity index (χ0n) is 9.94. The molecule has 2 rings (SSSR count). The van der Waals surface area contributed by atoms with Crippen molar-refractivity contribution >= 4 is 11.3 Å². The molecule has 2 aromatic rings. The molecule has 4 heteroatoms. The molecule has 0 aromatic carbocycles. The summed E-state index contributed by atoms with van der Waals surface area (Å²) in [6.45, 7) is 4.20. The van der Waals surface area contributed by atoms with Crippen LogP contribution in [0.3, 0.4) is 0 Å². The molecule has 0 saturated carbocycles. The Hall–Kier alpha value is -1.39. The highest BCUT2D eigenvalue weighted by Crippen LogP contribution is 2.20. The van der Waals surface area contributed by atoms with Gasteiger partial charge in [-0.2, -0.15) is 11.3 Å². The monoisotopic (exact) mass is 248 g/mol. The largest absolute Gasteiger partial charge is 0.329 e. The van der Waals surface area contributed by atoms with E-state index in [2.05, 4.69) is 41.0 Å². The van der Waals surface area contributed by atoms with Crippen LogP contribution >= 0.6 is 11.3 Å². The third-order valence-corrected chi connectivity index (χ3v) is 3.54. The quantitative estimate of drug-likeness (QED) is 0.874. The zero-order valence-corrected chi connectivity index (χ0v) is 10.8. The van der Waals surface area contributed by atoms with E-state index in [0.29, 0.717) is 0 Å². The average molecular weight is 248 g/mol. The van der Waals surface area contributed by atoms with E-state index in [4.69, 9.17) is 0 Å². The number of aromatic nitrogens is 1. The van der Waals surface area contributed by atoms with Gasteiger partial charge in [0.15, 0.2) is 0 Å². The number of hydrogen-bond donors (Lipinski definition) is 2. The molecule has 0 spiro atoms. The van der Waals surface area contributed by atoms with Crippen LogP contribution in [0.4, 0.5) is 0 Å². The van der Waals surface area contributed by atoms with Gasteiger partial charge >= 0.3 is 0 Å². The van der Waals surface area contributed by atoms with Crippen molar-refractivity contribution in [1.82, 2.24) is 10.3 Å². The van der Waals surface area contributed by atoms with E-state index in [9.17, 15) is 4.79 Å². The van der Waals surface area contributed by atoms with Gasteiger partial charge in [0.2, 0.25) is 5.56 Å². The fourth-order valence-electron chi connectivity index (χ4n) is 1.82. The van der Waals surface area contributed by atoms with Crippen molar-refractivity contribution in [1.29, 1.82) is 0 Å². The van der Waals surface area contributed by atoms with Crippen LogP contribution in [-0.4, -0.2) is 4.98 Å². The lowest BCUT2D eigenvalue weighted by Gasteiger charge is -2.19. The first kappa shape index (κ1) is 12.1. The highest BCUT2D eigenvalue weighted by Gasteiger charge is 2.11. The van der Waals surface area contributed by atoms with E-state index >= 15 is 0 Å². The Labute approximate surface area is 105 Å². The van der Waals surface area contributed by atoms with E-state index in [0.717, 1.165) is 5.56 Å². The number of rotatable bonds is 4. The second kappa shape index (κ2) is 5.29. The van der Waals surface area contributed by atoms with Crippen LogP contribution < -0.4 is 10.9 Å². The topological polar surface area (TPSA) is 44.9 Å². The van der Waals surface area contributed by atoms with Crippen LogP contribution in [0, 0.1) is 0 Å². The predicted octanol–water partition coefficient (Wildman–Crippen LogP) is 2.85. The normalized spacial score (nSPS) is 14.5. The first-order chi connectivity index (χ1) is 8.16. The van der Waals surface area contributed by atoms with E-state index < -0.39 is 0 Å². The molecule has 2 N–H and O–H groups in total. The van der Waals surface area contributed by atoms with Gasteiger partial charge in [0.05, 0.1) is 0 Å². The van der Waals surface area contributed by atoms with Crippen LogP contribution in [0.25, 0.3) is 0 Å². The van der Waals surface area contributed by atoms with Crippen LogP contribution in [0.5, 0.6) is 0 Å². The second-order valence-corrected chi connectivity index (χ2v) is 4.93. The number of aromatic amines is 1. The minimum absolute atomic E-state index is 0.0562. The summed E-state index contributed by atoms with van der Waals surface area (Å²) in [6.07, 6.45) is 1.69. The number of H-pyrrole nitrogens is 1. The minimum atomic E-state index is -0.0562. The summed E-state index contributed by atoms with van der Waals surface area (Å²) in [4.78, 5) is 13.9. The molecule has 2 heterocycles. The van der Waals surface area contributed by atoms with Crippen LogP contribution in [0.2, 0.25) is 0 Å². The highest BCUT2D eigenvalue weighted by atomic mass is 32.1. The van der Waals surface area contributed by atoms with Gasteiger partial charge in [-0.3, -0.25) is 4.79 Å². The predicted molar refractivity (Wildman–Crippen MR) is 71.3 cm³/mol. The number of pyridine rings is 1. The summed E-state index contributed by atoms with van der Waals surface area (Å²) in [5, 5.41) is 7.70. The molecule has 17 heavy (non-hydrogen) atoms. The van der Waals surface area contributed by atoms with Gasteiger partial charge in [0.25, 0.3) is 0 Å². The number of hydrogen-bond acceptors (Lipinski definition) is 3. The van der Waals surface area contributed by atoms with E-state index in [1.165, 1.54) is 5.56 Å². The Morgan fingerprint density at radius 1 is 1.24 bits per heavy atom. The molecule has 0 saturated heterocycles. The molecule has 2 aromatic heterocycles. The average Bonchev–Trinajstić information content (AvgIpc) is 2.82. The van der Waals surface area contributed by atoms with Crippen molar-refractivity contribution in [3.05, 3.63) is 56.6 Å². The van der Waals surface area contributed by atoms with Crippen LogP contribution in [0.15, 0.2) is 40.0 Å². The maximum absolute atomic E-state index is 11.2.